The van der Waals surface area contributed by atoms with Crippen molar-refractivity contribution in [3.63, 3.8) is 0 Å². The van der Waals surface area contributed by atoms with Gasteiger partial charge in [0.25, 0.3) is 0 Å². The van der Waals surface area contributed by atoms with Gasteiger partial charge in [-0.3, -0.25) is 0 Å². The molecule has 1 atom stereocenters. The van der Waals surface area contributed by atoms with Crippen molar-refractivity contribution < 1.29 is 0 Å². The van der Waals surface area contributed by atoms with Crippen LogP contribution in [0.5, 0.6) is 0 Å². The van der Waals surface area contributed by atoms with Crippen molar-refractivity contribution in [1.82, 2.24) is 5.32 Å². The molecule has 0 amide bonds. The summed E-state index contributed by atoms with van der Waals surface area (Å²) in [4.78, 5) is 2.85. The first-order valence-electron chi connectivity index (χ1n) is 5.04. The number of aryl methyl sites for hydroxylation is 1. The van der Waals surface area contributed by atoms with Gasteiger partial charge in [-0.2, -0.15) is 11.8 Å². The summed E-state index contributed by atoms with van der Waals surface area (Å²) in [5, 5.41) is 3.59. The van der Waals surface area contributed by atoms with E-state index in [0.29, 0.717) is 6.04 Å². The van der Waals surface area contributed by atoms with Gasteiger partial charge in [0.15, 0.2) is 0 Å². The Balaban J connectivity index is 2.31. The summed E-state index contributed by atoms with van der Waals surface area (Å²) in [6, 6.07) is 5.07. The number of thiophene rings is 1. The monoisotopic (exact) mass is 229 g/mol. The first-order valence-corrected chi connectivity index (χ1v) is 7.25. The van der Waals surface area contributed by atoms with Gasteiger partial charge in [-0.15, -0.1) is 11.3 Å². The summed E-state index contributed by atoms with van der Waals surface area (Å²) in [6.07, 6.45) is 3.38. The Kier molecular flexibility index (Phi) is 5.60. The smallest absolute Gasteiger partial charge is 0.0302 e. The van der Waals surface area contributed by atoms with Gasteiger partial charge in [0, 0.05) is 28.1 Å². The molecule has 0 radical (unpaired) electrons. The Morgan fingerprint density at radius 1 is 1.50 bits per heavy atom. The lowest BCUT2D eigenvalue weighted by Crippen LogP contribution is -2.29. The second kappa shape index (κ2) is 6.49. The molecular formula is C11H19NS2. The molecule has 1 heterocycles. The number of hydrogen-bond acceptors (Lipinski definition) is 3. The van der Waals surface area contributed by atoms with E-state index in [4.69, 9.17) is 0 Å². The molecule has 0 bridgehead atoms. The van der Waals surface area contributed by atoms with E-state index in [2.05, 4.69) is 37.6 Å². The van der Waals surface area contributed by atoms with E-state index in [1.807, 2.05) is 23.1 Å². The molecule has 1 aromatic rings. The molecule has 0 fully saturated rings. The van der Waals surface area contributed by atoms with Gasteiger partial charge < -0.3 is 5.32 Å². The summed E-state index contributed by atoms with van der Waals surface area (Å²) >= 11 is 3.80. The van der Waals surface area contributed by atoms with Crippen LogP contribution in [0.15, 0.2) is 12.1 Å². The molecule has 3 heteroatoms. The number of rotatable bonds is 6. The van der Waals surface area contributed by atoms with Crippen molar-refractivity contribution in [3.05, 3.63) is 21.9 Å². The van der Waals surface area contributed by atoms with Crippen molar-refractivity contribution in [2.24, 2.45) is 0 Å². The maximum Gasteiger partial charge on any atom is 0.0302 e. The van der Waals surface area contributed by atoms with E-state index in [-0.39, 0.29) is 0 Å². The van der Waals surface area contributed by atoms with Crippen LogP contribution in [0.4, 0.5) is 0 Å². The van der Waals surface area contributed by atoms with Crippen LogP contribution in [0, 0.1) is 6.92 Å². The van der Waals surface area contributed by atoms with Crippen LogP contribution in [-0.4, -0.2) is 18.1 Å². The van der Waals surface area contributed by atoms with Gasteiger partial charge in [-0.1, -0.05) is 6.92 Å². The van der Waals surface area contributed by atoms with Gasteiger partial charge in [-0.25, -0.2) is 0 Å². The number of nitrogens with one attached hydrogen (secondary N) is 1. The molecule has 0 aliphatic carbocycles. The molecule has 80 valence electrons. The minimum Gasteiger partial charge on any atom is -0.308 e. The molecule has 1 nitrogen and oxygen atoms in total. The lowest BCUT2D eigenvalue weighted by atomic mass is 10.2. The summed E-state index contributed by atoms with van der Waals surface area (Å²) in [5.74, 6) is 1.21. The third-order valence-electron chi connectivity index (χ3n) is 2.22. The number of hydrogen-bond donors (Lipinski definition) is 1. The molecule has 1 aromatic heterocycles. The highest BCUT2D eigenvalue weighted by molar-refractivity contribution is 7.98. The average Bonchev–Trinajstić information content (AvgIpc) is 2.59. The fourth-order valence-electron chi connectivity index (χ4n) is 1.35. The highest BCUT2D eigenvalue weighted by Gasteiger charge is 2.04. The molecule has 1 rings (SSSR count). The van der Waals surface area contributed by atoms with Crippen LogP contribution in [0.1, 0.15) is 23.1 Å². The molecule has 1 unspecified atom stereocenters. The highest BCUT2D eigenvalue weighted by atomic mass is 32.2. The van der Waals surface area contributed by atoms with E-state index in [9.17, 15) is 0 Å². The summed E-state index contributed by atoms with van der Waals surface area (Å²) < 4.78 is 0. The Morgan fingerprint density at radius 2 is 2.29 bits per heavy atom. The molecule has 0 spiro atoms. The van der Waals surface area contributed by atoms with Crippen LogP contribution in [0.2, 0.25) is 0 Å². The zero-order chi connectivity index (χ0) is 10.4. The van der Waals surface area contributed by atoms with E-state index in [0.717, 1.165) is 6.54 Å². The van der Waals surface area contributed by atoms with E-state index >= 15 is 0 Å². The van der Waals surface area contributed by atoms with Crippen molar-refractivity contribution >= 4 is 23.1 Å². The van der Waals surface area contributed by atoms with Gasteiger partial charge in [0.05, 0.1) is 0 Å². The van der Waals surface area contributed by atoms with Crippen LogP contribution in [0.3, 0.4) is 0 Å². The summed E-state index contributed by atoms with van der Waals surface area (Å²) in [5.41, 5.74) is 0. The first kappa shape index (κ1) is 12.1. The van der Waals surface area contributed by atoms with Gasteiger partial charge in [0.2, 0.25) is 0 Å². The van der Waals surface area contributed by atoms with Crippen LogP contribution >= 0.6 is 23.1 Å². The zero-order valence-electron chi connectivity index (χ0n) is 9.17. The van der Waals surface area contributed by atoms with Crippen LogP contribution < -0.4 is 5.32 Å². The summed E-state index contributed by atoms with van der Waals surface area (Å²) in [7, 11) is 0. The fraction of sp³-hybridized carbons (Fsp3) is 0.636. The minimum atomic E-state index is 0.660. The minimum absolute atomic E-state index is 0.660. The Bertz CT molecular complexity index is 258. The average molecular weight is 229 g/mol. The third-order valence-corrected chi connectivity index (χ3v) is 3.96. The second-order valence-corrected chi connectivity index (χ2v) is 5.74. The molecule has 14 heavy (non-hydrogen) atoms. The highest BCUT2D eigenvalue weighted by Crippen LogP contribution is 2.15. The van der Waals surface area contributed by atoms with Crippen molar-refractivity contribution in [2.45, 2.75) is 32.9 Å². The fourth-order valence-corrected chi connectivity index (χ4v) is 2.94. The summed E-state index contributed by atoms with van der Waals surface area (Å²) in [6.45, 7) is 5.43. The lowest BCUT2D eigenvalue weighted by Gasteiger charge is -2.14. The number of thioether (sulfide) groups is 1. The molecule has 1 N–H and O–H groups in total. The topological polar surface area (TPSA) is 12.0 Å². The van der Waals surface area contributed by atoms with Gasteiger partial charge >= 0.3 is 0 Å². The van der Waals surface area contributed by atoms with Crippen LogP contribution in [0.25, 0.3) is 0 Å². The quantitative estimate of drug-likeness (QED) is 0.803. The normalized spacial score (nSPS) is 13.1. The largest absolute Gasteiger partial charge is 0.308 e. The predicted molar refractivity (Wildman–Crippen MR) is 68.4 cm³/mol. The Morgan fingerprint density at radius 3 is 2.79 bits per heavy atom. The molecule has 0 saturated carbocycles. The Hall–Kier alpha value is 0.01000. The second-order valence-electron chi connectivity index (χ2n) is 3.45. The maximum atomic E-state index is 3.59. The molecule has 0 aromatic carbocycles. The molecule has 0 saturated heterocycles. The van der Waals surface area contributed by atoms with Crippen molar-refractivity contribution in [3.8, 4) is 0 Å². The SMILES string of the molecule is CCC(CSC)NCc1ccc(C)s1. The third kappa shape index (κ3) is 4.03. The molecule has 0 aliphatic heterocycles. The van der Waals surface area contributed by atoms with Crippen molar-refractivity contribution in [1.29, 1.82) is 0 Å². The zero-order valence-corrected chi connectivity index (χ0v) is 10.8. The Labute approximate surface area is 95.3 Å². The van der Waals surface area contributed by atoms with Crippen molar-refractivity contribution in [2.75, 3.05) is 12.0 Å². The standard InChI is InChI=1S/C11H19NS2/c1-4-10(8-13-3)12-7-11-6-5-9(2)14-11/h5-6,10,12H,4,7-8H2,1-3H3. The predicted octanol–water partition coefficient (Wildman–Crippen LogP) is 3.29. The van der Waals surface area contributed by atoms with E-state index in [1.54, 1.807) is 0 Å². The maximum absolute atomic E-state index is 3.59. The molecule has 0 aliphatic rings. The van der Waals surface area contributed by atoms with Gasteiger partial charge in [0.1, 0.15) is 0 Å². The van der Waals surface area contributed by atoms with E-state index in [1.165, 1.54) is 21.9 Å². The van der Waals surface area contributed by atoms with E-state index < -0.39 is 0 Å². The lowest BCUT2D eigenvalue weighted by molar-refractivity contribution is 0.544. The molecular weight excluding hydrogens is 210 g/mol. The van der Waals surface area contributed by atoms with Gasteiger partial charge in [-0.05, 0) is 31.7 Å². The first-order chi connectivity index (χ1) is 6.76. The van der Waals surface area contributed by atoms with Crippen LogP contribution in [-0.2, 0) is 6.54 Å².